The van der Waals surface area contributed by atoms with Gasteiger partial charge in [-0.15, -0.1) is 0 Å². The monoisotopic (exact) mass is 246 g/mol. The van der Waals surface area contributed by atoms with Gasteiger partial charge in [-0.2, -0.15) is 26.3 Å². The van der Waals surface area contributed by atoms with Gasteiger partial charge in [0, 0.05) is 0 Å². The summed E-state index contributed by atoms with van der Waals surface area (Å²) >= 11 is 0. The molecule has 0 bridgehead atoms. The minimum absolute atomic E-state index is 0.408. The average Bonchev–Trinajstić information content (AvgIpc) is 2.08. The Hall–Kier alpha value is -1.16. The summed E-state index contributed by atoms with van der Waals surface area (Å²) in [6.07, 6.45) is -9.29. The van der Waals surface area contributed by atoms with Crippen LogP contribution in [0.2, 0.25) is 0 Å². The molecule has 0 aromatic rings. The summed E-state index contributed by atoms with van der Waals surface area (Å²) in [5.74, 6) is 2.30. The lowest BCUT2D eigenvalue weighted by atomic mass is 10.0. The third-order valence-electron chi connectivity index (χ3n) is 1.51. The number of aliphatic hydroxyl groups is 1. The van der Waals surface area contributed by atoms with Gasteiger partial charge in [0.25, 0.3) is 0 Å². The average molecular weight is 246 g/mol. The normalized spacial score (nSPS) is 13.8. The molecule has 0 aromatic carbocycles. The highest BCUT2D eigenvalue weighted by Crippen LogP contribution is 2.42. The Labute approximate surface area is 87.8 Å². The Morgan fingerprint density at radius 3 is 1.81 bits per heavy atom. The van der Waals surface area contributed by atoms with E-state index in [1.165, 1.54) is 12.0 Å². The first-order valence-corrected chi connectivity index (χ1v) is 4.09. The van der Waals surface area contributed by atoms with Gasteiger partial charge in [-0.3, -0.25) is 0 Å². The van der Waals surface area contributed by atoms with Crippen molar-refractivity contribution in [3.05, 3.63) is 12.2 Å². The zero-order chi connectivity index (χ0) is 13.0. The largest absolute Gasteiger partial charge is 0.438 e. The lowest BCUT2D eigenvalue weighted by molar-refractivity contribution is -0.343. The van der Waals surface area contributed by atoms with Crippen molar-refractivity contribution in [1.29, 1.82) is 0 Å². The van der Waals surface area contributed by atoms with Crippen LogP contribution in [0.1, 0.15) is 13.3 Å². The third-order valence-corrected chi connectivity index (χ3v) is 1.51. The van der Waals surface area contributed by atoms with Crippen molar-refractivity contribution in [2.45, 2.75) is 31.3 Å². The summed E-state index contributed by atoms with van der Waals surface area (Å²) < 4.78 is 72.1. The molecule has 0 radical (unpaired) electrons. The fraction of sp³-hybridized carbons (Fsp3) is 0.556. The molecule has 92 valence electrons. The van der Waals surface area contributed by atoms with Crippen molar-refractivity contribution in [2.24, 2.45) is 0 Å². The Morgan fingerprint density at radius 2 is 1.50 bits per heavy atom. The van der Waals surface area contributed by atoms with E-state index in [1.807, 2.05) is 0 Å². The van der Waals surface area contributed by atoms with E-state index < -0.39 is 18.0 Å². The molecule has 0 unspecified atom stereocenters. The van der Waals surface area contributed by atoms with Gasteiger partial charge < -0.3 is 5.11 Å². The second kappa shape index (κ2) is 4.78. The maximum absolute atomic E-state index is 12.0. The quantitative estimate of drug-likeness (QED) is 0.557. The zero-order valence-electron chi connectivity index (χ0n) is 8.08. The molecule has 1 nitrogen and oxygen atoms in total. The Balaban J connectivity index is 5.27. The predicted molar refractivity (Wildman–Crippen MR) is 44.3 cm³/mol. The molecule has 0 spiro atoms. The highest BCUT2D eigenvalue weighted by molar-refractivity contribution is 5.26. The van der Waals surface area contributed by atoms with Crippen LogP contribution in [0.3, 0.4) is 0 Å². The van der Waals surface area contributed by atoms with Crippen molar-refractivity contribution < 1.29 is 31.4 Å². The minimum atomic E-state index is -5.89. The van der Waals surface area contributed by atoms with Gasteiger partial charge in [-0.25, -0.2) is 0 Å². The molecule has 0 heterocycles. The molecule has 1 N–H and O–H groups in total. The van der Waals surface area contributed by atoms with E-state index in [-0.39, 0.29) is 0 Å². The molecule has 0 saturated carbocycles. The van der Waals surface area contributed by atoms with Crippen LogP contribution in [-0.2, 0) is 0 Å². The van der Waals surface area contributed by atoms with E-state index >= 15 is 0 Å². The standard InChI is InChI=1S/C9H8F6O/c1-2-3-4-5-6-7(16,8(10,11)12)9(13,14)15/h3-4,16H,2H2,1H3. The maximum Gasteiger partial charge on any atom is 0.438 e. The van der Waals surface area contributed by atoms with Crippen molar-refractivity contribution in [2.75, 3.05) is 0 Å². The highest BCUT2D eigenvalue weighted by Gasteiger charge is 2.70. The van der Waals surface area contributed by atoms with E-state index in [0.29, 0.717) is 6.42 Å². The van der Waals surface area contributed by atoms with Crippen molar-refractivity contribution in [3.8, 4) is 11.8 Å². The van der Waals surface area contributed by atoms with Crippen LogP contribution >= 0.6 is 0 Å². The van der Waals surface area contributed by atoms with Crippen LogP contribution in [-0.4, -0.2) is 23.1 Å². The molecule has 16 heavy (non-hydrogen) atoms. The molecule has 0 aliphatic rings. The van der Waals surface area contributed by atoms with Gasteiger partial charge in [-0.1, -0.05) is 18.9 Å². The Morgan fingerprint density at radius 1 is 1.06 bits per heavy atom. The summed E-state index contributed by atoms with van der Waals surface area (Å²) in [6.45, 7) is 1.62. The van der Waals surface area contributed by atoms with E-state index in [0.717, 1.165) is 12.0 Å². The number of halogens is 6. The molecule has 0 amide bonds. The lowest BCUT2D eigenvalue weighted by Gasteiger charge is -2.27. The second-order valence-electron chi connectivity index (χ2n) is 2.79. The van der Waals surface area contributed by atoms with Gasteiger partial charge >= 0.3 is 18.0 Å². The molecule has 0 aromatic heterocycles. The number of alkyl halides is 6. The first-order valence-electron chi connectivity index (χ1n) is 4.09. The van der Waals surface area contributed by atoms with Crippen molar-refractivity contribution in [1.82, 2.24) is 0 Å². The minimum Gasteiger partial charge on any atom is -0.363 e. The van der Waals surface area contributed by atoms with E-state index in [1.54, 1.807) is 6.92 Å². The molecular weight excluding hydrogens is 238 g/mol. The molecular formula is C9H8F6O. The van der Waals surface area contributed by atoms with Gasteiger partial charge in [0.2, 0.25) is 0 Å². The van der Waals surface area contributed by atoms with E-state index in [4.69, 9.17) is 5.11 Å². The van der Waals surface area contributed by atoms with Crippen LogP contribution in [0.5, 0.6) is 0 Å². The summed E-state index contributed by atoms with van der Waals surface area (Å²) in [6, 6.07) is 0. The summed E-state index contributed by atoms with van der Waals surface area (Å²) in [5.41, 5.74) is -4.99. The SMILES string of the molecule is CCC=CC#CC(O)(C(F)(F)F)C(F)(F)F. The summed E-state index contributed by atoms with van der Waals surface area (Å²) in [5, 5.41) is 8.53. The fourth-order valence-corrected chi connectivity index (χ4v) is 0.625. The van der Waals surface area contributed by atoms with Crippen LogP contribution in [0.25, 0.3) is 0 Å². The number of hydrogen-bond donors (Lipinski definition) is 1. The second-order valence-corrected chi connectivity index (χ2v) is 2.79. The van der Waals surface area contributed by atoms with Crippen LogP contribution in [0, 0.1) is 11.8 Å². The molecule has 0 aliphatic heterocycles. The number of allylic oxidation sites excluding steroid dienone is 2. The summed E-state index contributed by atoms with van der Waals surface area (Å²) in [4.78, 5) is 0. The van der Waals surface area contributed by atoms with Crippen LogP contribution < -0.4 is 0 Å². The fourth-order valence-electron chi connectivity index (χ4n) is 0.625. The molecule has 0 atom stereocenters. The van der Waals surface area contributed by atoms with Gasteiger partial charge in [0.1, 0.15) is 0 Å². The van der Waals surface area contributed by atoms with Crippen molar-refractivity contribution in [3.63, 3.8) is 0 Å². The molecule has 0 fully saturated rings. The first kappa shape index (κ1) is 14.8. The first-order chi connectivity index (χ1) is 7.06. The molecule has 0 rings (SSSR count). The van der Waals surface area contributed by atoms with Gasteiger partial charge in [-0.05, 0) is 18.4 Å². The van der Waals surface area contributed by atoms with E-state index in [2.05, 4.69) is 0 Å². The Kier molecular flexibility index (Phi) is 4.44. The number of rotatable bonds is 1. The lowest BCUT2D eigenvalue weighted by Crippen LogP contribution is -2.55. The van der Waals surface area contributed by atoms with Gasteiger partial charge in [0.15, 0.2) is 0 Å². The molecule has 0 saturated heterocycles. The topological polar surface area (TPSA) is 20.2 Å². The molecule has 0 aliphatic carbocycles. The number of hydrogen-bond acceptors (Lipinski definition) is 1. The van der Waals surface area contributed by atoms with Crippen LogP contribution in [0.4, 0.5) is 26.3 Å². The summed E-state index contributed by atoms with van der Waals surface area (Å²) in [7, 11) is 0. The third kappa shape index (κ3) is 3.17. The molecule has 7 heteroatoms. The van der Waals surface area contributed by atoms with Crippen LogP contribution in [0.15, 0.2) is 12.2 Å². The smallest absolute Gasteiger partial charge is 0.363 e. The Bertz CT molecular complexity index is 300. The highest BCUT2D eigenvalue weighted by atomic mass is 19.4. The zero-order valence-corrected chi connectivity index (χ0v) is 8.08. The maximum atomic E-state index is 12.0. The van der Waals surface area contributed by atoms with Gasteiger partial charge in [0.05, 0.1) is 0 Å². The van der Waals surface area contributed by atoms with Crippen molar-refractivity contribution >= 4 is 0 Å². The predicted octanol–water partition coefficient (Wildman–Crippen LogP) is 2.81. The van der Waals surface area contributed by atoms with E-state index in [9.17, 15) is 26.3 Å².